The number of carbonyl (C=O) groups is 2. The molecule has 2 heterocycles. The molecule has 0 fully saturated rings. The number of anilines is 2. The first kappa shape index (κ1) is 33.6. The summed E-state index contributed by atoms with van der Waals surface area (Å²) in [4.78, 5) is 35.6. The van der Waals surface area contributed by atoms with Gasteiger partial charge >= 0.3 is 0 Å². The second-order valence-corrected chi connectivity index (χ2v) is 12.7. The normalized spacial score (nSPS) is 11.0. The van der Waals surface area contributed by atoms with Crippen molar-refractivity contribution < 1.29 is 22.7 Å². The molecule has 0 atom stereocenters. The molecule has 3 N–H and O–H groups in total. The van der Waals surface area contributed by atoms with Crippen LogP contribution in [-0.2, 0) is 16.6 Å². The van der Waals surface area contributed by atoms with E-state index < -0.39 is 10.0 Å². The van der Waals surface area contributed by atoms with Crippen molar-refractivity contribution in [1.29, 1.82) is 0 Å². The summed E-state index contributed by atoms with van der Waals surface area (Å²) in [6, 6.07) is 27.6. The van der Waals surface area contributed by atoms with Crippen LogP contribution in [0.2, 0.25) is 0 Å². The lowest BCUT2D eigenvalue weighted by Crippen LogP contribution is -2.28. The highest BCUT2D eigenvalue weighted by atomic mass is 32.2. The van der Waals surface area contributed by atoms with Crippen LogP contribution in [0.5, 0.6) is 5.75 Å². The van der Waals surface area contributed by atoms with Crippen molar-refractivity contribution in [2.45, 2.75) is 18.4 Å². The zero-order valence-electron chi connectivity index (χ0n) is 26.8. The molecule has 0 bridgehead atoms. The number of ether oxygens (including phenoxy) is 1. The zero-order chi connectivity index (χ0) is 34.1. The van der Waals surface area contributed by atoms with E-state index in [1.54, 1.807) is 85.0 Å². The molecule has 246 valence electrons. The first-order valence-electron chi connectivity index (χ1n) is 15.1. The smallest absolute Gasteiger partial charge is 0.272 e. The summed E-state index contributed by atoms with van der Waals surface area (Å²) >= 11 is 0. The van der Waals surface area contributed by atoms with Crippen molar-refractivity contribution in [3.8, 4) is 17.0 Å². The molecule has 12 heteroatoms. The summed E-state index contributed by atoms with van der Waals surface area (Å²) in [6.45, 7) is 3.11. The Balaban J connectivity index is 1.27. The van der Waals surface area contributed by atoms with Gasteiger partial charge in [-0.05, 0) is 85.3 Å². The molecule has 0 aliphatic heterocycles. The van der Waals surface area contributed by atoms with Gasteiger partial charge in [0, 0.05) is 55.9 Å². The monoisotopic (exact) mass is 664 g/mol. The number of sulfonamides is 1. The highest BCUT2D eigenvalue weighted by molar-refractivity contribution is 7.92. The number of benzene rings is 3. The molecule has 0 radical (unpaired) electrons. The second kappa shape index (κ2) is 15.2. The molecule has 3 aromatic carbocycles. The van der Waals surface area contributed by atoms with Crippen LogP contribution in [0.1, 0.15) is 32.0 Å². The minimum absolute atomic E-state index is 0.0898. The van der Waals surface area contributed by atoms with Crippen molar-refractivity contribution >= 4 is 33.2 Å². The van der Waals surface area contributed by atoms with Crippen molar-refractivity contribution in [3.63, 3.8) is 0 Å². The average Bonchev–Trinajstić information content (AvgIpc) is 3.10. The topological polar surface area (TPSA) is 143 Å². The minimum Gasteiger partial charge on any atom is -0.495 e. The van der Waals surface area contributed by atoms with Gasteiger partial charge in [-0.2, -0.15) is 0 Å². The third-order valence-electron chi connectivity index (χ3n) is 7.37. The van der Waals surface area contributed by atoms with Crippen molar-refractivity contribution in [2.24, 2.45) is 0 Å². The Hall–Kier alpha value is -5.75. The number of methoxy groups -OCH3 is 1. The maximum Gasteiger partial charge on any atom is 0.272 e. The van der Waals surface area contributed by atoms with Gasteiger partial charge in [-0.3, -0.25) is 19.3 Å². The summed E-state index contributed by atoms with van der Waals surface area (Å²) in [7, 11) is -1.03. The molecule has 2 aromatic heterocycles. The number of hydrogen-bond donors (Lipinski definition) is 3. The van der Waals surface area contributed by atoms with E-state index >= 15 is 0 Å². The number of nitrogens with zero attached hydrogens (tertiary/aromatic N) is 3. The fourth-order valence-corrected chi connectivity index (χ4v) is 6.21. The standard InChI is InChI=1S/C36H36N6O5S/c1-25-7-4-8-28(21-25)35(43)39-20-19-38-29-9-5-10-30(23-29)41-48(45,46)34-22-27(13-14-33(34)47-3)31-11-6-12-32(40-31)36(44)42(2)24-26-15-17-37-18-16-26/h4-18,21-23,38,41H,19-20,24H2,1-3H3,(H,39,43). The van der Waals surface area contributed by atoms with E-state index in [2.05, 4.69) is 25.3 Å². The lowest BCUT2D eigenvalue weighted by Gasteiger charge is -2.17. The maximum absolute atomic E-state index is 13.7. The third-order valence-corrected chi connectivity index (χ3v) is 8.77. The number of amides is 2. The Morgan fingerprint density at radius 2 is 1.60 bits per heavy atom. The maximum atomic E-state index is 13.7. The van der Waals surface area contributed by atoms with Crippen molar-refractivity contribution in [2.75, 3.05) is 37.3 Å². The lowest BCUT2D eigenvalue weighted by atomic mass is 10.1. The number of rotatable bonds is 13. The second-order valence-electron chi connectivity index (χ2n) is 11.0. The molecule has 0 spiro atoms. The number of aromatic nitrogens is 2. The average molecular weight is 665 g/mol. The van der Waals surface area contributed by atoms with Gasteiger partial charge in [0.1, 0.15) is 16.3 Å². The highest BCUT2D eigenvalue weighted by Crippen LogP contribution is 2.31. The predicted octanol–water partition coefficient (Wildman–Crippen LogP) is 5.38. The molecule has 5 rings (SSSR count). The van der Waals surface area contributed by atoms with Gasteiger partial charge in [0.2, 0.25) is 0 Å². The Labute approximate surface area is 280 Å². The highest BCUT2D eigenvalue weighted by Gasteiger charge is 2.22. The molecule has 0 aliphatic carbocycles. The number of aryl methyl sites for hydroxylation is 1. The van der Waals surface area contributed by atoms with E-state index in [9.17, 15) is 18.0 Å². The van der Waals surface area contributed by atoms with Crippen LogP contribution in [-0.4, -0.2) is 62.3 Å². The largest absolute Gasteiger partial charge is 0.495 e. The van der Waals surface area contributed by atoms with Crippen LogP contribution in [0.15, 0.2) is 114 Å². The molecule has 11 nitrogen and oxygen atoms in total. The fourth-order valence-electron chi connectivity index (χ4n) is 4.96. The molecule has 0 aliphatic rings. The van der Waals surface area contributed by atoms with Gasteiger partial charge < -0.3 is 20.3 Å². The molecule has 2 amide bonds. The first-order chi connectivity index (χ1) is 23.1. The summed E-state index contributed by atoms with van der Waals surface area (Å²) < 4.78 is 35.4. The summed E-state index contributed by atoms with van der Waals surface area (Å²) in [5.74, 6) is -0.298. The van der Waals surface area contributed by atoms with E-state index in [0.29, 0.717) is 47.8 Å². The van der Waals surface area contributed by atoms with Gasteiger partial charge in [-0.15, -0.1) is 0 Å². The van der Waals surface area contributed by atoms with E-state index in [1.807, 2.05) is 37.3 Å². The van der Waals surface area contributed by atoms with Crippen LogP contribution < -0.4 is 20.1 Å². The zero-order valence-corrected chi connectivity index (χ0v) is 27.6. The molecule has 0 unspecified atom stereocenters. The van der Waals surface area contributed by atoms with Crippen LogP contribution in [0.3, 0.4) is 0 Å². The molecule has 5 aromatic rings. The molecular weight excluding hydrogens is 628 g/mol. The summed E-state index contributed by atoms with van der Waals surface area (Å²) in [6.07, 6.45) is 3.34. The van der Waals surface area contributed by atoms with Gasteiger partial charge in [0.05, 0.1) is 18.5 Å². The first-order valence-corrected chi connectivity index (χ1v) is 16.6. The fraction of sp³-hybridized carbons (Fsp3) is 0.167. The lowest BCUT2D eigenvalue weighted by molar-refractivity contribution is 0.0779. The van der Waals surface area contributed by atoms with Gasteiger partial charge in [-0.25, -0.2) is 13.4 Å². The molecule has 0 saturated carbocycles. The van der Waals surface area contributed by atoms with Crippen LogP contribution in [0, 0.1) is 6.92 Å². The van der Waals surface area contributed by atoms with Crippen molar-refractivity contribution in [3.05, 3.63) is 132 Å². The SMILES string of the molecule is COc1ccc(-c2cccc(C(=O)N(C)Cc3ccncc3)n2)cc1S(=O)(=O)Nc1cccc(NCCNC(=O)c2cccc(C)c2)c1. The van der Waals surface area contributed by atoms with Crippen LogP contribution >= 0.6 is 0 Å². The summed E-state index contributed by atoms with van der Waals surface area (Å²) in [5, 5.41) is 6.07. The molecule has 48 heavy (non-hydrogen) atoms. The Bertz CT molecular complexity index is 2020. The number of carbonyl (C=O) groups excluding carboxylic acids is 2. The van der Waals surface area contributed by atoms with E-state index in [0.717, 1.165) is 11.1 Å². The van der Waals surface area contributed by atoms with E-state index in [1.165, 1.54) is 13.2 Å². The third kappa shape index (κ3) is 8.53. The van der Waals surface area contributed by atoms with E-state index in [-0.39, 0.29) is 28.2 Å². The van der Waals surface area contributed by atoms with Gasteiger partial charge in [0.25, 0.3) is 21.8 Å². The minimum atomic E-state index is -4.12. The molecular formula is C36H36N6O5S. The quantitative estimate of drug-likeness (QED) is 0.143. The van der Waals surface area contributed by atoms with Crippen LogP contribution in [0.25, 0.3) is 11.3 Å². The van der Waals surface area contributed by atoms with Gasteiger partial charge in [-0.1, -0.05) is 29.8 Å². The van der Waals surface area contributed by atoms with Gasteiger partial charge in [0.15, 0.2) is 0 Å². The Kier molecular flexibility index (Phi) is 10.7. The van der Waals surface area contributed by atoms with Crippen molar-refractivity contribution in [1.82, 2.24) is 20.2 Å². The predicted molar refractivity (Wildman–Crippen MR) is 186 cm³/mol. The number of nitrogens with one attached hydrogen (secondary N) is 3. The molecule has 0 saturated heterocycles. The van der Waals surface area contributed by atoms with Crippen LogP contribution in [0.4, 0.5) is 11.4 Å². The Morgan fingerprint density at radius 3 is 2.38 bits per heavy atom. The van der Waals surface area contributed by atoms with E-state index in [4.69, 9.17) is 4.74 Å². The number of hydrogen-bond acceptors (Lipinski definition) is 8. The Morgan fingerprint density at radius 1 is 0.854 bits per heavy atom. The number of pyridine rings is 2. The summed E-state index contributed by atoms with van der Waals surface area (Å²) in [5.41, 5.74) is 4.67.